The van der Waals surface area contributed by atoms with Gasteiger partial charge in [0.05, 0.1) is 18.2 Å². The van der Waals surface area contributed by atoms with Gasteiger partial charge in [0.15, 0.2) is 5.78 Å². The van der Waals surface area contributed by atoms with Crippen LogP contribution in [0.1, 0.15) is 50.8 Å². The Morgan fingerprint density at radius 1 is 0.935 bits per heavy atom. The molecule has 3 rings (SSSR count). The highest BCUT2D eigenvalue weighted by molar-refractivity contribution is 6.17. The van der Waals surface area contributed by atoms with Crippen molar-refractivity contribution in [3.05, 3.63) is 75.5 Å². The maximum absolute atomic E-state index is 13.1. The minimum atomic E-state index is -0.245. The molecule has 0 saturated heterocycles. The summed E-state index contributed by atoms with van der Waals surface area (Å²) in [5.41, 5.74) is 8.12. The molecule has 5 nitrogen and oxygen atoms in total. The lowest BCUT2D eigenvalue weighted by Crippen LogP contribution is -2.01. The minimum absolute atomic E-state index is 0.00906. The van der Waals surface area contributed by atoms with Crippen LogP contribution in [-0.4, -0.2) is 28.5 Å². The zero-order chi connectivity index (χ0) is 23.5. The van der Waals surface area contributed by atoms with Gasteiger partial charge in [-0.1, -0.05) is 30.3 Å². The highest BCUT2D eigenvalue weighted by Crippen LogP contribution is 2.35. The zero-order valence-corrected chi connectivity index (χ0v) is 19.6. The number of carbonyl (C=O) groups excluding carboxylic acids is 2. The minimum Gasteiger partial charge on any atom is -0.507 e. The smallest absolute Gasteiger partial charge is 0.302 e. The Balaban J connectivity index is 0.000000614. The molecule has 0 fully saturated rings. The van der Waals surface area contributed by atoms with E-state index in [0.29, 0.717) is 11.1 Å². The molecule has 0 bridgehead atoms. The second-order valence-electron chi connectivity index (χ2n) is 7.70. The van der Waals surface area contributed by atoms with Crippen LogP contribution in [0.3, 0.4) is 0 Å². The van der Waals surface area contributed by atoms with Crippen LogP contribution in [0.5, 0.6) is 0 Å². The Labute approximate surface area is 184 Å². The van der Waals surface area contributed by atoms with E-state index >= 15 is 0 Å². The summed E-state index contributed by atoms with van der Waals surface area (Å²) in [6.45, 7) is 11.7. The lowest BCUT2D eigenvalue weighted by atomic mass is 9.92. The Morgan fingerprint density at radius 3 is 1.97 bits per heavy atom. The quantitative estimate of drug-likeness (QED) is 0.256. The van der Waals surface area contributed by atoms with Crippen LogP contribution in [0.2, 0.25) is 0 Å². The molecule has 1 N–H and O–H groups in total. The Bertz CT molecular complexity index is 1170. The van der Waals surface area contributed by atoms with Gasteiger partial charge in [0.25, 0.3) is 0 Å². The van der Waals surface area contributed by atoms with Gasteiger partial charge in [-0.2, -0.15) is 0 Å². The van der Waals surface area contributed by atoms with Gasteiger partial charge in [-0.05, 0) is 56.9 Å². The molecule has 0 radical (unpaired) electrons. The van der Waals surface area contributed by atoms with Crippen molar-refractivity contribution in [1.29, 1.82) is 0 Å². The number of ketones is 1. The van der Waals surface area contributed by atoms with Crippen LogP contribution in [0.4, 0.5) is 0 Å². The highest BCUT2D eigenvalue weighted by Gasteiger charge is 2.23. The summed E-state index contributed by atoms with van der Waals surface area (Å²) in [7, 11) is 3.35. The van der Waals surface area contributed by atoms with Gasteiger partial charge in [-0.3, -0.25) is 9.59 Å². The third-order valence-corrected chi connectivity index (χ3v) is 5.98. The fourth-order valence-corrected chi connectivity index (χ4v) is 3.72. The van der Waals surface area contributed by atoms with Gasteiger partial charge in [-0.15, -0.1) is 0 Å². The topological polar surface area (TPSA) is 68.5 Å². The van der Waals surface area contributed by atoms with Gasteiger partial charge < -0.3 is 14.4 Å². The van der Waals surface area contributed by atoms with Gasteiger partial charge in [-0.25, -0.2) is 0 Å². The molecule has 164 valence electrons. The third kappa shape index (κ3) is 4.71. The van der Waals surface area contributed by atoms with E-state index < -0.39 is 0 Å². The molecule has 5 heteroatoms. The summed E-state index contributed by atoms with van der Waals surface area (Å²) in [4.78, 5) is 22.7. The number of fused-ring (bicyclic) bond motifs is 1. The molecule has 0 atom stereocenters. The molecule has 0 aliphatic rings. The Morgan fingerprint density at radius 2 is 1.45 bits per heavy atom. The molecule has 2 aromatic carbocycles. The number of nitrogens with zero attached hydrogens (tertiary/aromatic N) is 1. The van der Waals surface area contributed by atoms with Crippen LogP contribution in [-0.2, 0) is 16.6 Å². The van der Waals surface area contributed by atoms with E-state index in [1.807, 2.05) is 32.2 Å². The van der Waals surface area contributed by atoms with Crippen molar-refractivity contribution in [1.82, 2.24) is 4.57 Å². The molecular weight excluding hydrogens is 390 g/mol. The second kappa shape index (κ2) is 9.65. The average Bonchev–Trinajstić information content (AvgIpc) is 3.02. The van der Waals surface area contributed by atoms with Crippen molar-refractivity contribution in [2.75, 3.05) is 7.11 Å². The SMILES string of the molecule is COC(C)=O.Cc1c(C)c(C)c2c(c1C)c(C(=O)/C=C(\O)c1ccccc1)c(C)n2C. The number of allylic oxidation sites excluding steroid dienone is 1. The molecule has 31 heavy (non-hydrogen) atoms. The Kier molecular flexibility index (Phi) is 7.45. The Hall–Kier alpha value is -3.34. The second-order valence-corrected chi connectivity index (χ2v) is 7.70. The first-order chi connectivity index (χ1) is 14.5. The molecule has 0 aliphatic carbocycles. The number of aliphatic hydroxyl groups is 1. The van der Waals surface area contributed by atoms with E-state index in [2.05, 4.69) is 37.0 Å². The van der Waals surface area contributed by atoms with Gasteiger partial charge in [0.2, 0.25) is 0 Å². The van der Waals surface area contributed by atoms with Crippen LogP contribution < -0.4 is 0 Å². The lowest BCUT2D eigenvalue weighted by Gasteiger charge is -2.13. The first kappa shape index (κ1) is 23.9. The number of hydrogen-bond donors (Lipinski definition) is 1. The fraction of sp³-hybridized carbons (Fsp3) is 0.308. The van der Waals surface area contributed by atoms with Crippen LogP contribution in [0.15, 0.2) is 36.4 Å². The van der Waals surface area contributed by atoms with Gasteiger partial charge >= 0.3 is 5.97 Å². The molecule has 0 unspecified atom stereocenters. The molecule has 1 aromatic heterocycles. The number of methoxy groups -OCH3 is 1. The van der Waals surface area contributed by atoms with Crippen molar-refractivity contribution in [2.45, 2.75) is 41.5 Å². The van der Waals surface area contributed by atoms with Crippen LogP contribution >= 0.6 is 0 Å². The van der Waals surface area contributed by atoms with E-state index in [1.165, 1.54) is 36.8 Å². The van der Waals surface area contributed by atoms with Crippen LogP contribution in [0.25, 0.3) is 16.7 Å². The number of aromatic nitrogens is 1. The molecule has 1 heterocycles. The van der Waals surface area contributed by atoms with E-state index in [4.69, 9.17) is 0 Å². The molecule has 3 aromatic rings. The normalized spacial score (nSPS) is 11.2. The summed E-state index contributed by atoms with van der Waals surface area (Å²) in [5, 5.41) is 11.4. The molecule has 0 amide bonds. The van der Waals surface area contributed by atoms with Crippen molar-refractivity contribution >= 4 is 28.4 Å². The monoisotopic (exact) mass is 421 g/mol. The standard InChI is InChI=1S/C23H25NO2.C3H6O2/c1-13-14(2)16(4)23-21(15(13)3)22(17(5)24(23)6)20(26)12-19(25)18-10-8-7-9-11-18;1-3(4)5-2/h7-12,25H,1-6H3;1-2H3/b19-12-;. The largest absolute Gasteiger partial charge is 0.507 e. The summed E-state index contributed by atoms with van der Waals surface area (Å²) < 4.78 is 6.20. The van der Waals surface area contributed by atoms with E-state index in [-0.39, 0.29) is 17.5 Å². The first-order valence-electron chi connectivity index (χ1n) is 10.1. The number of benzene rings is 2. The molecular formula is C26H31NO4. The molecule has 0 saturated carbocycles. The van der Waals surface area contributed by atoms with Crippen molar-refractivity contribution in [3.8, 4) is 0 Å². The van der Waals surface area contributed by atoms with E-state index in [9.17, 15) is 14.7 Å². The number of esters is 1. The van der Waals surface area contributed by atoms with Crippen molar-refractivity contribution < 1.29 is 19.4 Å². The van der Waals surface area contributed by atoms with E-state index in [0.717, 1.165) is 22.2 Å². The van der Waals surface area contributed by atoms with Crippen LogP contribution in [0, 0.1) is 34.6 Å². The van der Waals surface area contributed by atoms with E-state index in [1.54, 1.807) is 12.1 Å². The van der Waals surface area contributed by atoms with Crippen molar-refractivity contribution in [2.24, 2.45) is 7.05 Å². The predicted octanol–water partition coefficient (Wildman–Crippen LogP) is 5.68. The number of carbonyl (C=O) groups is 2. The molecule has 0 spiro atoms. The third-order valence-electron chi connectivity index (χ3n) is 5.98. The number of ether oxygens (including phenoxy) is 1. The van der Waals surface area contributed by atoms with Crippen molar-refractivity contribution in [3.63, 3.8) is 0 Å². The number of rotatable bonds is 3. The number of aryl methyl sites for hydroxylation is 3. The molecule has 0 aliphatic heterocycles. The average molecular weight is 422 g/mol. The summed E-state index contributed by atoms with van der Waals surface area (Å²) in [6.07, 6.45) is 1.33. The summed E-state index contributed by atoms with van der Waals surface area (Å²) >= 11 is 0. The number of aliphatic hydroxyl groups excluding tert-OH is 1. The summed E-state index contributed by atoms with van der Waals surface area (Å²) in [5.74, 6) is -0.421. The number of hydrogen-bond acceptors (Lipinski definition) is 4. The first-order valence-corrected chi connectivity index (χ1v) is 10.1. The highest BCUT2D eigenvalue weighted by atomic mass is 16.5. The van der Waals surface area contributed by atoms with Gasteiger partial charge in [0, 0.05) is 36.7 Å². The van der Waals surface area contributed by atoms with Gasteiger partial charge in [0.1, 0.15) is 5.76 Å². The maximum Gasteiger partial charge on any atom is 0.302 e. The predicted molar refractivity (Wildman–Crippen MR) is 126 cm³/mol. The summed E-state index contributed by atoms with van der Waals surface area (Å²) in [6, 6.07) is 9.14. The maximum atomic E-state index is 13.1. The lowest BCUT2D eigenvalue weighted by molar-refractivity contribution is -0.137. The zero-order valence-electron chi connectivity index (χ0n) is 19.6. The fourth-order valence-electron chi connectivity index (χ4n) is 3.72.